The van der Waals surface area contributed by atoms with Gasteiger partial charge in [0, 0.05) is 5.02 Å². The molecular weight excluding hydrogens is 240 g/mol. The minimum absolute atomic E-state index is 0.0908. The van der Waals surface area contributed by atoms with Crippen molar-refractivity contribution in [3.8, 4) is 0 Å². The summed E-state index contributed by atoms with van der Waals surface area (Å²) in [6.07, 6.45) is 2.80. The van der Waals surface area contributed by atoms with Gasteiger partial charge in [-0.05, 0) is 37.0 Å². The van der Waals surface area contributed by atoms with Gasteiger partial charge in [-0.3, -0.25) is 4.79 Å². The van der Waals surface area contributed by atoms with Crippen LogP contribution in [0.1, 0.15) is 31.2 Å². The molecule has 0 aromatic heterocycles. The highest BCUT2D eigenvalue weighted by atomic mass is 35.5. The molecule has 92 valence electrons. The predicted octanol–water partition coefficient (Wildman–Crippen LogP) is 3.25. The maximum atomic E-state index is 10.8. The SMILES string of the molecule is O=C(O)CC1(OCc2cccc(Cl)c2)CCC1. The molecule has 0 heterocycles. The fraction of sp³-hybridized carbons (Fsp3) is 0.462. The molecule has 2 rings (SSSR count). The van der Waals surface area contributed by atoms with Gasteiger partial charge < -0.3 is 9.84 Å². The molecule has 1 aromatic carbocycles. The summed E-state index contributed by atoms with van der Waals surface area (Å²) in [5, 5.41) is 9.53. The minimum atomic E-state index is -0.796. The third-order valence-corrected chi connectivity index (χ3v) is 3.41. The Kier molecular flexibility index (Phi) is 3.69. The average molecular weight is 255 g/mol. The Labute approximate surface area is 105 Å². The summed E-state index contributed by atoms with van der Waals surface area (Å²) >= 11 is 5.88. The molecule has 0 spiro atoms. The molecule has 0 atom stereocenters. The van der Waals surface area contributed by atoms with E-state index < -0.39 is 11.6 Å². The molecule has 0 radical (unpaired) electrons. The topological polar surface area (TPSA) is 46.5 Å². The van der Waals surface area contributed by atoms with Gasteiger partial charge in [0.05, 0.1) is 18.6 Å². The van der Waals surface area contributed by atoms with E-state index in [1.165, 1.54) is 0 Å². The quantitative estimate of drug-likeness (QED) is 0.877. The number of hydrogen-bond donors (Lipinski definition) is 1. The van der Waals surface area contributed by atoms with Crippen molar-refractivity contribution in [2.75, 3.05) is 0 Å². The molecule has 0 aliphatic heterocycles. The van der Waals surface area contributed by atoms with Gasteiger partial charge in [-0.1, -0.05) is 23.7 Å². The lowest BCUT2D eigenvalue weighted by Gasteiger charge is -2.40. The van der Waals surface area contributed by atoms with Crippen molar-refractivity contribution < 1.29 is 14.6 Å². The highest BCUT2D eigenvalue weighted by Crippen LogP contribution is 2.39. The van der Waals surface area contributed by atoms with E-state index in [1.807, 2.05) is 18.2 Å². The zero-order valence-electron chi connectivity index (χ0n) is 9.49. The molecule has 1 N–H and O–H groups in total. The van der Waals surface area contributed by atoms with Crippen molar-refractivity contribution in [1.29, 1.82) is 0 Å². The summed E-state index contributed by atoms with van der Waals surface area (Å²) in [5.41, 5.74) is 0.530. The molecular formula is C13H15ClO3. The smallest absolute Gasteiger partial charge is 0.306 e. The Balaban J connectivity index is 1.94. The summed E-state index contributed by atoms with van der Waals surface area (Å²) in [5.74, 6) is -0.796. The molecule has 1 aliphatic rings. The Morgan fingerprint density at radius 3 is 2.76 bits per heavy atom. The number of ether oxygens (including phenoxy) is 1. The fourth-order valence-electron chi connectivity index (χ4n) is 2.08. The van der Waals surface area contributed by atoms with Crippen LogP contribution in [0.3, 0.4) is 0 Å². The van der Waals surface area contributed by atoms with E-state index in [0.717, 1.165) is 24.8 Å². The summed E-state index contributed by atoms with van der Waals surface area (Å²) < 4.78 is 5.78. The van der Waals surface area contributed by atoms with Gasteiger partial charge in [0.15, 0.2) is 0 Å². The van der Waals surface area contributed by atoms with Crippen LogP contribution in [0.25, 0.3) is 0 Å². The summed E-state index contributed by atoms with van der Waals surface area (Å²) in [6, 6.07) is 7.45. The molecule has 1 saturated carbocycles. The molecule has 1 aliphatic carbocycles. The van der Waals surface area contributed by atoms with E-state index >= 15 is 0 Å². The molecule has 0 unspecified atom stereocenters. The van der Waals surface area contributed by atoms with Crippen molar-refractivity contribution in [2.24, 2.45) is 0 Å². The number of benzene rings is 1. The van der Waals surface area contributed by atoms with Gasteiger partial charge in [0.25, 0.3) is 0 Å². The zero-order chi connectivity index (χ0) is 12.3. The van der Waals surface area contributed by atoms with Gasteiger partial charge in [-0.2, -0.15) is 0 Å². The van der Waals surface area contributed by atoms with E-state index in [2.05, 4.69) is 0 Å². The van der Waals surface area contributed by atoms with Crippen LogP contribution in [-0.4, -0.2) is 16.7 Å². The number of carboxylic acid groups (broad SMARTS) is 1. The summed E-state index contributed by atoms with van der Waals surface area (Å²) in [6.45, 7) is 0.424. The summed E-state index contributed by atoms with van der Waals surface area (Å²) in [4.78, 5) is 10.8. The van der Waals surface area contributed by atoms with Crippen LogP contribution < -0.4 is 0 Å². The predicted molar refractivity (Wildman–Crippen MR) is 65.1 cm³/mol. The Bertz CT molecular complexity index is 413. The van der Waals surface area contributed by atoms with Crippen molar-refractivity contribution in [3.63, 3.8) is 0 Å². The van der Waals surface area contributed by atoms with Gasteiger partial charge in [-0.15, -0.1) is 0 Å². The van der Waals surface area contributed by atoms with Gasteiger partial charge in [-0.25, -0.2) is 0 Å². The zero-order valence-corrected chi connectivity index (χ0v) is 10.2. The van der Waals surface area contributed by atoms with E-state index in [9.17, 15) is 4.79 Å². The lowest BCUT2D eigenvalue weighted by molar-refractivity contribution is -0.156. The minimum Gasteiger partial charge on any atom is -0.481 e. The fourth-order valence-corrected chi connectivity index (χ4v) is 2.29. The number of aliphatic carboxylic acids is 1. The number of carbonyl (C=O) groups is 1. The maximum Gasteiger partial charge on any atom is 0.306 e. The second-order valence-electron chi connectivity index (χ2n) is 4.53. The first-order chi connectivity index (χ1) is 8.10. The lowest BCUT2D eigenvalue weighted by Crippen LogP contribution is -2.42. The third kappa shape index (κ3) is 3.20. The second kappa shape index (κ2) is 5.07. The van der Waals surface area contributed by atoms with E-state index in [-0.39, 0.29) is 6.42 Å². The van der Waals surface area contributed by atoms with Crippen LogP contribution in [-0.2, 0) is 16.1 Å². The molecule has 0 bridgehead atoms. The highest BCUT2D eigenvalue weighted by Gasteiger charge is 2.40. The first-order valence-corrected chi connectivity index (χ1v) is 6.08. The summed E-state index contributed by atoms with van der Waals surface area (Å²) in [7, 11) is 0. The van der Waals surface area contributed by atoms with E-state index in [0.29, 0.717) is 11.6 Å². The second-order valence-corrected chi connectivity index (χ2v) is 4.96. The number of halogens is 1. The van der Waals surface area contributed by atoms with Gasteiger partial charge in [0.1, 0.15) is 0 Å². The lowest BCUT2D eigenvalue weighted by atomic mass is 9.77. The van der Waals surface area contributed by atoms with Crippen LogP contribution >= 0.6 is 11.6 Å². The highest BCUT2D eigenvalue weighted by molar-refractivity contribution is 6.30. The third-order valence-electron chi connectivity index (χ3n) is 3.17. The normalized spacial score (nSPS) is 17.5. The van der Waals surface area contributed by atoms with Gasteiger partial charge in [0.2, 0.25) is 0 Å². The largest absolute Gasteiger partial charge is 0.481 e. The van der Waals surface area contributed by atoms with E-state index in [4.69, 9.17) is 21.4 Å². The van der Waals surface area contributed by atoms with Gasteiger partial charge >= 0.3 is 5.97 Å². The maximum absolute atomic E-state index is 10.8. The Hall–Kier alpha value is -1.06. The molecule has 0 amide bonds. The van der Waals surface area contributed by atoms with Crippen molar-refractivity contribution in [3.05, 3.63) is 34.9 Å². The molecule has 1 aromatic rings. The number of hydrogen-bond acceptors (Lipinski definition) is 2. The molecule has 17 heavy (non-hydrogen) atoms. The van der Waals surface area contributed by atoms with Crippen molar-refractivity contribution in [2.45, 2.75) is 37.9 Å². The first kappa shape index (κ1) is 12.4. The molecule has 3 nitrogen and oxygen atoms in total. The first-order valence-electron chi connectivity index (χ1n) is 5.70. The standard InChI is InChI=1S/C13H15ClO3/c14-11-4-1-3-10(7-11)9-17-13(5-2-6-13)8-12(15)16/h1,3-4,7H,2,5-6,8-9H2,(H,15,16). The molecule has 1 fully saturated rings. The molecule has 4 heteroatoms. The molecule has 0 saturated heterocycles. The van der Waals surface area contributed by atoms with Crippen LogP contribution in [0, 0.1) is 0 Å². The Morgan fingerprint density at radius 2 is 2.24 bits per heavy atom. The Morgan fingerprint density at radius 1 is 1.47 bits per heavy atom. The number of carboxylic acids is 1. The monoisotopic (exact) mass is 254 g/mol. The van der Waals surface area contributed by atoms with Crippen LogP contribution in [0.2, 0.25) is 5.02 Å². The average Bonchev–Trinajstić information content (AvgIpc) is 2.21. The van der Waals surface area contributed by atoms with Crippen LogP contribution in [0.5, 0.6) is 0 Å². The van der Waals surface area contributed by atoms with Crippen LogP contribution in [0.4, 0.5) is 0 Å². The number of rotatable bonds is 5. The van der Waals surface area contributed by atoms with Crippen LogP contribution in [0.15, 0.2) is 24.3 Å². The van der Waals surface area contributed by atoms with Crippen molar-refractivity contribution >= 4 is 17.6 Å². The van der Waals surface area contributed by atoms with E-state index in [1.54, 1.807) is 6.07 Å². The van der Waals surface area contributed by atoms with Crippen molar-refractivity contribution in [1.82, 2.24) is 0 Å².